The molecular formula is C16H31N3O2. The number of methoxy groups -OCH3 is 1. The molecule has 3 unspecified atom stereocenters. The molecule has 1 spiro atoms. The van der Waals surface area contributed by atoms with E-state index < -0.39 is 0 Å². The molecule has 2 aliphatic carbocycles. The van der Waals surface area contributed by atoms with Crippen molar-refractivity contribution in [2.45, 2.75) is 64.6 Å². The maximum Gasteiger partial charge on any atom is 0.191 e. The van der Waals surface area contributed by atoms with Crippen LogP contribution in [0.4, 0.5) is 0 Å². The van der Waals surface area contributed by atoms with E-state index in [4.69, 9.17) is 9.47 Å². The molecule has 2 rings (SSSR count). The summed E-state index contributed by atoms with van der Waals surface area (Å²) in [6, 6.07) is 0.753. The number of hydrogen-bond acceptors (Lipinski definition) is 3. The van der Waals surface area contributed by atoms with Crippen molar-refractivity contribution in [3.05, 3.63) is 0 Å². The molecule has 0 bridgehead atoms. The van der Waals surface area contributed by atoms with Gasteiger partial charge < -0.3 is 20.1 Å². The van der Waals surface area contributed by atoms with Gasteiger partial charge in [0.05, 0.1) is 12.7 Å². The molecule has 0 aromatic carbocycles. The van der Waals surface area contributed by atoms with Crippen LogP contribution in [0.25, 0.3) is 0 Å². The molecule has 5 heteroatoms. The number of guanidine groups is 1. The Bertz CT molecular complexity index is 355. The molecular weight excluding hydrogens is 266 g/mol. The second kappa shape index (κ2) is 7.45. The van der Waals surface area contributed by atoms with Crippen molar-refractivity contribution in [1.29, 1.82) is 0 Å². The Kier molecular flexibility index (Phi) is 5.88. The van der Waals surface area contributed by atoms with E-state index in [9.17, 15) is 0 Å². The zero-order chi connectivity index (χ0) is 15.3. The molecule has 2 N–H and O–H groups in total. The van der Waals surface area contributed by atoms with Gasteiger partial charge in [-0.25, -0.2) is 0 Å². The highest BCUT2D eigenvalue weighted by Crippen LogP contribution is 2.57. The Morgan fingerprint density at radius 1 is 1.38 bits per heavy atom. The summed E-state index contributed by atoms with van der Waals surface area (Å²) in [4.78, 5) is 4.56. The van der Waals surface area contributed by atoms with Gasteiger partial charge in [-0.1, -0.05) is 6.42 Å². The van der Waals surface area contributed by atoms with Gasteiger partial charge in [-0.2, -0.15) is 0 Å². The van der Waals surface area contributed by atoms with Crippen LogP contribution in [-0.4, -0.2) is 51.0 Å². The minimum atomic E-state index is 0.257. The third kappa shape index (κ3) is 3.51. The minimum absolute atomic E-state index is 0.257. The topological polar surface area (TPSA) is 54.9 Å². The van der Waals surface area contributed by atoms with Crippen molar-refractivity contribution in [2.24, 2.45) is 10.4 Å². The Morgan fingerprint density at radius 3 is 2.67 bits per heavy atom. The lowest BCUT2D eigenvalue weighted by molar-refractivity contribution is -0.168. The van der Waals surface area contributed by atoms with Crippen LogP contribution < -0.4 is 10.6 Å². The molecule has 21 heavy (non-hydrogen) atoms. The van der Waals surface area contributed by atoms with E-state index in [0.29, 0.717) is 24.2 Å². The van der Waals surface area contributed by atoms with E-state index in [1.165, 1.54) is 19.3 Å². The third-order valence-electron chi connectivity index (χ3n) is 4.86. The van der Waals surface area contributed by atoms with Crippen LogP contribution >= 0.6 is 0 Å². The predicted octanol–water partition coefficient (Wildman–Crippen LogP) is 1.92. The van der Waals surface area contributed by atoms with Crippen molar-refractivity contribution in [2.75, 3.05) is 26.9 Å². The van der Waals surface area contributed by atoms with Crippen LogP contribution in [-0.2, 0) is 9.47 Å². The SMILES string of the molecule is CCN=C(NC(C)COC)NC1CC(OCC)C12CCC2. The zero-order valence-electron chi connectivity index (χ0n) is 13.9. The number of nitrogens with one attached hydrogen (secondary N) is 2. The number of aliphatic imine (C=N–C) groups is 1. The molecule has 5 nitrogen and oxygen atoms in total. The summed E-state index contributed by atoms with van der Waals surface area (Å²) >= 11 is 0. The fourth-order valence-electron chi connectivity index (χ4n) is 3.62. The van der Waals surface area contributed by atoms with Crippen LogP contribution in [0.1, 0.15) is 46.5 Å². The minimum Gasteiger partial charge on any atom is -0.383 e. The lowest BCUT2D eigenvalue weighted by Gasteiger charge is -2.61. The third-order valence-corrected chi connectivity index (χ3v) is 4.86. The second-order valence-corrected chi connectivity index (χ2v) is 6.29. The summed E-state index contributed by atoms with van der Waals surface area (Å²) in [6.07, 6.45) is 5.42. The van der Waals surface area contributed by atoms with Crippen LogP contribution in [0.2, 0.25) is 0 Å². The van der Waals surface area contributed by atoms with Crippen molar-refractivity contribution in [1.82, 2.24) is 10.6 Å². The van der Waals surface area contributed by atoms with Gasteiger partial charge in [-0.15, -0.1) is 0 Å². The molecule has 2 saturated carbocycles. The number of nitrogens with zero attached hydrogens (tertiary/aromatic N) is 1. The van der Waals surface area contributed by atoms with Crippen molar-refractivity contribution < 1.29 is 9.47 Å². The highest BCUT2D eigenvalue weighted by molar-refractivity contribution is 5.80. The highest BCUT2D eigenvalue weighted by atomic mass is 16.5. The normalized spacial score (nSPS) is 28.7. The summed E-state index contributed by atoms with van der Waals surface area (Å²) < 4.78 is 11.1. The van der Waals surface area contributed by atoms with Gasteiger partial charge in [0.2, 0.25) is 0 Å². The first-order valence-electron chi connectivity index (χ1n) is 8.34. The van der Waals surface area contributed by atoms with Crippen molar-refractivity contribution in [3.63, 3.8) is 0 Å². The van der Waals surface area contributed by atoms with Crippen LogP contribution in [0.5, 0.6) is 0 Å². The first-order chi connectivity index (χ1) is 10.2. The molecule has 2 fully saturated rings. The summed E-state index contributed by atoms with van der Waals surface area (Å²) in [6.45, 7) is 8.54. The van der Waals surface area contributed by atoms with Crippen LogP contribution in [0.15, 0.2) is 4.99 Å². The maximum absolute atomic E-state index is 5.91. The molecule has 0 heterocycles. The van der Waals surface area contributed by atoms with Crippen molar-refractivity contribution >= 4 is 5.96 Å². The molecule has 0 saturated heterocycles. The number of rotatable bonds is 7. The van der Waals surface area contributed by atoms with E-state index in [-0.39, 0.29) is 6.04 Å². The molecule has 3 atom stereocenters. The summed E-state index contributed by atoms with van der Waals surface area (Å²) in [7, 11) is 1.73. The molecule has 0 aromatic rings. The van der Waals surface area contributed by atoms with Gasteiger partial charge in [0.25, 0.3) is 0 Å². The predicted molar refractivity (Wildman–Crippen MR) is 85.7 cm³/mol. The van der Waals surface area contributed by atoms with E-state index >= 15 is 0 Å². The first-order valence-corrected chi connectivity index (χ1v) is 8.34. The average Bonchev–Trinajstić information content (AvgIpc) is 2.35. The Balaban J connectivity index is 1.91. The average molecular weight is 297 g/mol. The van der Waals surface area contributed by atoms with E-state index in [2.05, 4.69) is 36.4 Å². The smallest absolute Gasteiger partial charge is 0.191 e. The van der Waals surface area contributed by atoms with E-state index in [0.717, 1.165) is 25.5 Å². The summed E-state index contributed by atoms with van der Waals surface area (Å²) in [5, 5.41) is 7.05. The van der Waals surface area contributed by atoms with Gasteiger partial charge >= 0.3 is 0 Å². The first kappa shape index (κ1) is 16.6. The lowest BCUT2D eigenvalue weighted by atomic mass is 9.51. The lowest BCUT2D eigenvalue weighted by Crippen LogP contribution is -2.69. The molecule has 122 valence electrons. The highest BCUT2D eigenvalue weighted by Gasteiger charge is 2.59. The van der Waals surface area contributed by atoms with E-state index in [1.54, 1.807) is 7.11 Å². The van der Waals surface area contributed by atoms with Crippen LogP contribution in [0, 0.1) is 5.41 Å². The van der Waals surface area contributed by atoms with Crippen LogP contribution in [0.3, 0.4) is 0 Å². The molecule has 0 radical (unpaired) electrons. The van der Waals surface area contributed by atoms with Gasteiger partial charge in [-0.3, -0.25) is 4.99 Å². The van der Waals surface area contributed by atoms with Gasteiger partial charge in [0.1, 0.15) is 0 Å². The molecule has 2 aliphatic rings. The second-order valence-electron chi connectivity index (χ2n) is 6.29. The molecule has 0 aliphatic heterocycles. The van der Waals surface area contributed by atoms with Crippen molar-refractivity contribution in [3.8, 4) is 0 Å². The summed E-state index contributed by atoms with van der Waals surface area (Å²) in [5.41, 5.74) is 0.358. The largest absolute Gasteiger partial charge is 0.383 e. The van der Waals surface area contributed by atoms with Gasteiger partial charge in [-0.05, 0) is 40.0 Å². The fourth-order valence-corrected chi connectivity index (χ4v) is 3.62. The zero-order valence-corrected chi connectivity index (χ0v) is 13.9. The Hall–Kier alpha value is -0.810. The number of hydrogen-bond donors (Lipinski definition) is 2. The molecule has 0 amide bonds. The Morgan fingerprint density at radius 2 is 2.14 bits per heavy atom. The quantitative estimate of drug-likeness (QED) is 0.557. The summed E-state index contributed by atoms with van der Waals surface area (Å²) in [5.74, 6) is 0.910. The Labute approximate surface area is 128 Å². The van der Waals surface area contributed by atoms with Gasteiger partial charge in [0.15, 0.2) is 5.96 Å². The van der Waals surface area contributed by atoms with Gasteiger partial charge in [0, 0.05) is 37.8 Å². The molecule has 0 aromatic heterocycles. The standard InChI is InChI=1S/C16H31N3O2/c1-5-17-15(18-12(3)11-20-4)19-13-10-14(21-6-2)16(13)8-7-9-16/h12-14H,5-11H2,1-4H3,(H2,17,18,19). The number of ether oxygens (including phenoxy) is 2. The monoisotopic (exact) mass is 297 g/mol. The van der Waals surface area contributed by atoms with E-state index in [1.807, 2.05) is 0 Å². The maximum atomic E-state index is 5.91. The fraction of sp³-hybridized carbons (Fsp3) is 0.938.